The highest BCUT2D eigenvalue weighted by molar-refractivity contribution is 5.80. The van der Waals surface area contributed by atoms with E-state index in [0.717, 1.165) is 23.3 Å². The van der Waals surface area contributed by atoms with Crippen LogP contribution in [-0.2, 0) is 4.79 Å². The summed E-state index contributed by atoms with van der Waals surface area (Å²) in [5.41, 5.74) is 7.49. The second kappa shape index (κ2) is 7.85. The number of likely N-dealkylation sites (tertiary alicyclic amines) is 1. The number of carbonyl (C=O) groups excluding carboxylic acids is 2. The van der Waals surface area contributed by atoms with Crippen LogP contribution in [0.25, 0.3) is 0 Å². The number of primary amides is 1. The number of nitrogens with two attached hydrogens (primary N) is 1. The molecule has 1 aliphatic rings. The van der Waals surface area contributed by atoms with Gasteiger partial charge < -0.3 is 20.7 Å². The number of nitrogens with one attached hydrogen (secondary N) is 1. The molecule has 0 spiro atoms. The zero-order chi connectivity index (χ0) is 16.8. The number of amides is 3. The molecule has 23 heavy (non-hydrogen) atoms. The second-order valence-electron chi connectivity index (χ2n) is 5.99. The summed E-state index contributed by atoms with van der Waals surface area (Å²) in [6.07, 6.45) is 1.38. The van der Waals surface area contributed by atoms with Crippen LogP contribution in [0.2, 0.25) is 0 Å². The van der Waals surface area contributed by atoms with Crippen molar-refractivity contribution in [1.82, 2.24) is 10.2 Å². The number of rotatable bonds is 6. The van der Waals surface area contributed by atoms with Crippen LogP contribution in [0.3, 0.4) is 0 Å². The molecular weight excluding hydrogens is 294 g/mol. The van der Waals surface area contributed by atoms with Gasteiger partial charge in [0.1, 0.15) is 5.75 Å². The molecule has 1 atom stereocenters. The first-order valence-electron chi connectivity index (χ1n) is 8.00. The first kappa shape index (κ1) is 17.1. The molecule has 6 nitrogen and oxygen atoms in total. The molecule has 0 bridgehead atoms. The maximum Gasteiger partial charge on any atom is 0.317 e. The molecule has 2 rings (SSSR count). The summed E-state index contributed by atoms with van der Waals surface area (Å²) in [5, 5.41) is 2.85. The lowest BCUT2D eigenvalue weighted by Crippen LogP contribution is -2.40. The number of urea groups is 1. The average Bonchev–Trinajstić information content (AvgIpc) is 2.99. The zero-order valence-corrected chi connectivity index (χ0v) is 13.8. The van der Waals surface area contributed by atoms with Crippen molar-refractivity contribution in [2.75, 3.05) is 26.2 Å². The quantitative estimate of drug-likeness (QED) is 0.781. The van der Waals surface area contributed by atoms with Gasteiger partial charge in [-0.3, -0.25) is 4.79 Å². The molecule has 3 amide bonds. The van der Waals surface area contributed by atoms with E-state index in [2.05, 4.69) is 5.32 Å². The first-order valence-corrected chi connectivity index (χ1v) is 8.00. The molecule has 0 radical (unpaired) electrons. The molecule has 1 aromatic carbocycles. The summed E-state index contributed by atoms with van der Waals surface area (Å²) < 4.78 is 5.80. The van der Waals surface area contributed by atoms with Crippen molar-refractivity contribution >= 4 is 11.9 Å². The molecule has 6 heteroatoms. The maximum absolute atomic E-state index is 12.0. The van der Waals surface area contributed by atoms with Crippen LogP contribution in [-0.4, -0.2) is 43.1 Å². The van der Waals surface area contributed by atoms with Crippen molar-refractivity contribution in [1.29, 1.82) is 0 Å². The van der Waals surface area contributed by atoms with Crippen LogP contribution >= 0.6 is 0 Å². The zero-order valence-electron chi connectivity index (χ0n) is 13.8. The lowest BCUT2D eigenvalue weighted by molar-refractivity contribution is -0.121. The third-order valence-corrected chi connectivity index (χ3v) is 4.13. The number of hydrogen-bond donors (Lipinski definition) is 2. The van der Waals surface area contributed by atoms with Gasteiger partial charge in [-0.15, -0.1) is 0 Å². The van der Waals surface area contributed by atoms with E-state index in [0.29, 0.717) is 32.7 Å². The third kappa shape index (κ3) is 4.61. The van der Waals surface area contributed by atoms with Gasteiger partial charge in [0, 0.05) is 19.6 Å². The van der Waals surface area contributed by atoms with Crippen molar-refractivity contribution in [2.45, 2.75) is 26.7 Å². The number of benzene rings is 1. The Labute approximate surface area is 137 Å². The predicted molar refractivity (Wildman–Crippen MR) is 88.3 cm³/mol. The fourth-order valence-corrected chi connectivity index (χ4v) is 2.76. The Morgan fingerprint density at radius 3 is 2.65 bits per heavy atom. The minimum absolute atomic E-state index is 0.138. The van der Waals surface area contributed by atoms with Crippen molar-refractivity contribution in [3.05, 3.63) is 29.3 Å². The van der Waals surface area contributed by atoms with Gasteiger partial charge in [0.2, 0.25) is 5.91 Å². The maximum atomic E-state index is 12.0. The number of nitrogens with zero attached hydrogens (tertiary/aromatic N) is 1. The van der Waals surface area contributed by atoms with E-state index in [9.17, 15) is 9.59 Å². The number of carbonyl (C=O) groups is 2. The van der Waals surface area contributed by atoms with E-state index in [1.165, 1.54) is 0 Å². The van der Waals surface area contributed by atoms with E-state index in [4.69, 9.17) is 10.5 Å². The van der Waals surface area contributed by atoms with E-state index in [-0.39, 0.29) is 17.9 Å². The number of para-hydroxylation sites is 1. The lowest BCUT2D eigenvalue weighted by atomic mass is 10.1. The lowest BCUT2D eigenvalue weighted by Gasteiger charge is -2.17. The summed E-state index contributed by atoms with van der Waals surface area (Å²) >= 11 is 0. The molecule has 1 saturated heterocycles. The summed E-state index contributed by atoms with van der Waals surface area (Å²) in [4.78, 5) is 24.7. The van der Waals surface area contributed by atoms with Gasteiger partial charge in [-0.2, -0.15) is 0 Å². The molecule has 1 heterocycles. The number of aryl methyl sites for hydroxylation is 2. The van der Waals surface area contributed by atoms with Gasteiger partial charge in [-0.1, -0.05) is 18.2 Å². The Morgan fingerprint density at radius 2 is 2.04 bits per heavy atom. The van der Waals surface area contributed by atoms with Gasteiger partial charge in [-0.05, 0) is 37.8 Å². The second-order valence-corrected chi connectivity index (χ2v) is 5.99. The van der Waals surface area contributed by atoms with Crippen LogP contribution in [0.4, 0.5) is 4.79 Å². The highest BCUT2D eigenvalue weighted by Gasteiger charge is 2.29. The molecule has 0 aromatic heterocycles. The summed E-state index contributed by atoms with van der Waals surface area (Å²) in [6.45, 7) is 6.13. The Morgan fingerprint density at radius 1 is 1.35 bits per heavy atom. The van der Waals surface area contributed by atoms with Crippen molar-refractivity contribution in [3.63, 3.8) is 0 Å². The fourth-order valence-electron chi connectivity index (χ4n) is 2.76. The topological polar surface area (TPSA) is 84.7 Å². The standard InChI is InChI=1S/C17H25N3O3/c1-12-5-3-6-13(2)15(12)23-10-4-8-19-17(22)20-9-7-14(11-20)16(18)21/h3,5-6,14H,4,7-11H2,1-2H3,(H2,18,21)(H,19,22)/t14-/m0/s1. The molecule has 1 aromatic rings. The molecule has 0 aliphatic carbocycles. The minimum atomic E-state index is -0.331. The van der Waals surface area contributed by atoms with Gasteiger partial charge in [0.05, 0.1) is 12.5 Å². The van der Waals surface area contributed by atoms with Crippen LogP contribution in [0, 0.1) is 19.8 Å². The minimum Gasteiger partial charge on any atom is -0.493 e. The van der Waals surface area contributed by atoms with Crippen molar-refractivity contribution in [3.8, 4) is 5.75 Å². The van der Waals surface area contributed by atoms with E-state index < -0.39 is 0 Å². The Balaban J connectivity index is 1.66. The molecule has 1 aliphatic heterocycles. The smallest absolute Gasteiger partial charge is 0.317 e. The van der Waals surface area contributed by atoms with Crippen molar-refractivity contribution < 1.29 is 14.3 Å². The molecule has 1 fully saturated rings. The van der Waals surface area contributed by atoms with Gasteiger partial charge in [0.15, 0.2) is 0 Å². The number of ether oxygens (including phenoxy) is 1. The Hall–Kier alpha value is -2.24. The van der Waals surface area contributed by atoms with Crippen LogP contribution in [0.5, 0.6) is 5.75 Å². The predicted octanol–water partition coefficient (Wildman–Crippen LogP) is 1.59. The average molecular weight is 319 g/mol. The normalized spacial score (nSPS) is 17.1. The van der Waals surface area contributed by atoms with Crippen LogP contribution in [0.1, 0.15) is 24.0 Å². The molecule has 3 N–H and O–H groups in total. The summed E-state index contributed by atoms with van der Waals surface area (Å²) in [7, 11) is 0. The molecule has 126 valence electrons. The van der Waals surface area contributed by atoms with Gasteiger partial charge in [0.25, 0.3) is 0 Å². The highest BCUT2D eigenvalue weighted by Crippen LogP contribution is 2.22. The number of hydrogen-bond acceptors (Lipinski definition) is 3. The Bertz CT molecular complexity index is 554. The van der Waals surface area contributed by atoms with E-state index in [1.54, 1.807) is 4.90 Å². The fraction of sp³-hybridized carbons (Fsp3) is 0.529. The molecular formula is C17H25N3O3. The highest BCUT2D eigenvalue weighted by atomic mass is 16.5. The summed E-state index contributed by atoms with van der Waals surface area (Å²) in [5.74, 6) is 0.373. The SMILES string of the molecule is Cc1cccc(C)c1OCCCNC(=O)N1CC[C@H](C(N)=O)C1. The van der Waals surface area contributed by atoms with E-state index >= 15 is 0 Å². The van der Waals surface area contributed by atoms with E-state index in [1.807, 2.05) is 32.0 Å². The largest absolute Gasteiger partial charge is 0.493 e. The first-order chi connectivity index (χ1) is 11.0. The van der Waals surface area contributed by atoms with Gasteiger partial charge in [-0.25, -0.2) is 4.79 Å². The summed E-state index contributed by atoms with van der Waals surface area (Å²) in [6, 6.07) is 5.91. The van der Waals surface area contributed by atoms with Gasteiger partial charge >= 0.3 is 6.03 Å². The van der Waals surface area contributed by atoms with Crippen LogP contribution in [0.15, 0.2) is 18.2 Å². The molecule has 0 unspecified atom stereocenters. The molecule has 0 saturated carbocycles. The van der Waals surface area contributed by atoms with Crippen molar-refractivity contribution in [2.24, 2.45) is 11.7 Å². The third-order valence-electron chi connectivity index (χ3n) is 4.13. The monoisotopic (exact) mass is 319 g/mol. The Kier molecular flexibility index (Phi) is 5.84. The van der Waals surface area contributed by atoms with Crippen LogP contribution < -0.4 is 15.8 Å².